The van der Waals surface area contributed by atoms with E-state index in [-0.39, 0.29) is 18.5 Å². The van der Waals surface area contributed by atoms with E-state index in [1.165, 1.54) is 22.0 Å². The molecule has 3 aromatic rings. The monoisotopic (exact) mass is 403 g/mol. The first-order chi connectivity index (χ1) is 14.5. The number of piperidine rings is 1. The standard InChI is InChI=1S/C25H29N3O2/c1-27-13-18-11-22-20(19-9-6-10-21(27)23(18)19)12-25(15-26,16-28(22)2)24(29)30-14-17-7-4-3-5-8-17/h3-10,13,20,22H,11-12,14-16,26H2,1-2H3/t20-,22-,25+/m1/s1. The van der Waals surface area contributed by atoms with Gasteiger partial charge in [0, 0.05) is 49.2 Å². The van der Waals surface area contributed by atoms with Crippen molar-refractivity contribution in [1.82, 2.24) is 9.47 Å². The normalized spacial score (nSPS) is 25.8. The molecule has 3 atom stereocenters. The van der Waals surface area contributed by atoms with Crippen LogP contribution in [0.1, 0.15) is 29.0 Å². The van der Waals surface area contributed by atoms with E-state index in [2.05, 4.69) is 48.0 Å². The van der Waals surface area contributed by atoms with Gasteiger partial charge in [-0.25, -0.2) is 0 Å². The number of rotatable bonds is 4. The summed E-state index contributed by atoms with van der Waals surface area (Å²) in [7, 11) is 4.24. The molecule has 5 heteroatoms. The molecule has 1 aromatic heterocycles. The number of likely N-dealkylation sites (tertiary alicyclic amines) is 1. The highest BCUT2D eigenvalue weighted by atomic mass is 16.5. The van der Waals surface area contributed by atoms with Crippen LogP contribution in [0, 0.1) is 5.41 Å². The number of nitrogens with two attached hydrogens (primary N) is 1. The topological polar surface area (TPSA) is 60.5 Å². The van der Waals surface area contributed by atoms with E-state index in [0.29, 0.717) is 19.1 Å². The van der Waals surface area contributed by atoms with Crippen LogP contribution in [0.5, 0.6) is 0 Å². The Bertz CT molecular complexity index is 1090. The van der Waals surface area contributed by atoms with Crippen LogP contribution in [0.4, 0.5) is 0 Å². The van der Waals surface area contributed by atoms with E-state index in [1.54, 1.807) is 0 Å². The van der Waals surface area contributed by atoms with Crippen molar-refractivity contribution in [3.05, 3.63) is 71.4 Å². The first kappa shape index (κ1) is 19.3. The number of aryl methyl sites for hydroxylation is 1. The maximum Gasteiger partial charge on any atom is 0.315 e. The number of esters is 1. The molecule has 2 aliphatic rings. The Labute approximate surface area is 177 Å². The van der Waals surface area contributed by atoms with Crippen molar-refractivity contribution in [3.8, 4) is 0 Å². The molecule has 30 heavy (non-hydrogen) atoms. The average Bonchev–Trinajstić information content (AvgIpc) is 3.10. The van der Waals surface area contributed by atoms with Gasteiger partial charge in [0.1, 0.15) is 6.61 Å². The van der Waals surface area contributed by atoms with Gasteiger partial charge in [-0.05, 0) is 42.6 Å². The zero-order chi connectivity index (χ0) is 20.9. The molecule has 0 amide bonds. The number of hydrogen-bond donors (Lipinski definition) is 1. The van der Waals surface area contributed by atoms with E-state index < -0.39 is 5.41 Å². The minimum absolute atomic E-state index is 0.176. The Kier molecular flexibility index (Phi) is 4.68. The second kappa shape index (κ2) is 7.25. The minimum atomic E-state index is -0.681. The molecular formula is C25H29N3O2. The maximum atomic E-state index is 13.3. The van der Waals surface area contributed by atoms with E-state index in [4.69, 9.17) is 10.5 Å². The lowest BCUT2D eigenvalue weighted by Gasteiger charge is -2.49. The quantitative estimate of drug-likeness (QED) is 0.680. The van der Waals surface area contributed by atoms with Crippen molar-refractivity contribution in [2.24, 2.45) is 18.2 Å². The molecule has 1 fully saturated rings. The molecule has 1 aliphatic heterocycles. The van der Waals surface area contributed by atoms with Gasteiger partial charge in [-0.1, -0.05) is 42.5 Å². The van der Waals surface area contributed by atoms with Crippen molar-refractivity contribution < 1.29 is 9.53 Å². The van der Waals surface area contributed by atoms with Crippen molar-refractivity contribution in [1.29, 1.82) is 0 Å². The van der Waals surface area contributed by atoms with Crippen LogP contribution in [-0.2, 0) is 29.6 Å². The van der Waals surface area contributed by atoms with Gasteiger partial charge in [-0.2, -0.15) is 0 Å². The van der Waals surface area contributed by atoms with E-state index in [0.717, 1.165) is 18.4 Å². The molecule has 2 aromatic carbocycles. The number of likely N-dealkylation sites (N-methyl/N-ethyl adjacent to an activating group) is 1. The van der Waals surface area contributed by atoms with Crippen molar-refractivity contribution in [2.45, 2.75) is 31.4 Å². The summed E-state index contributed by atoms with van der Waals surface area (Å²) in [5.41, 5.74) is 10.6. The highest BCUT2D eigenvalue weighted by Gasteiger charge is 2.50. The van der Waals surface area contributed by atoms with Crippen molar-refractivity contribution in [3.63, 3.8) is 0 Å². The van der Waals surface area contributed by atoms with Crippen molar-refractivity contribution in [2.75, 3.05) is 20.1 Å². The lowest BCUT2D eigenvalue weighted by molar-refractivity contribution is -0.161. The molecule has 156 valence electrons. The van der Waals surface area contributed by atoms with E-state index in [9.17, 15) is 4.79 Å². The number of hydrogen-bond acceptors (Lipinski definition) is 4. The lowest BCUT2D eigenvalue weighted by Crippen LogP contribution is -2.58. The Balaban J connectivity index is 1.47. The molecule has 0 unspecified atom stereocenters. The van der Waals surface area contributed by atoms with Gasteiger partial charge in [0.25, 0.3) is 0 Å². The third kappa shape index (κ3) is 2.96. The van der Waals surface area contributed by atoms with E-state index >= 15 is 0 Å². The first-order valence-electron chi connectivity index (χ1n) is 10.7. The fourth-order valence-electron chi connectivity index (χ4n) is 5.65. The number of carbonyl (C=O) groups excluding carboxylic acids is 1. The zero-order valence-electron chi connectivity index (χ0n) is 17.7. The van der Waals surface area contributed by atoms with Gasteiger partial charge in [0.05, 0.1) is 5.41 Å². The van der Waals surface area contributed by atoms with Crippen molar-refractivity contribution >= 4 is 16.9 Å². The highest BCUT2D eigenvalue weighted by Crippen LogP contribution is 2.48. The van der Waals surface area contributed by atoms with Gasteiger partial charge >= 0.3 is 5.97 Å². The number of aromatic nitrogens is 1. The zero-order valence-corrected chi connectivity index (χ0v) is 17.7. The third-order valence-corrected chi connectivity index (χ3v) is 7.18. The highest BCUT2D eigenvalue weighted by molar-refractivity contribution is 5.89. The summed E-state index contributed by atoms with van der Waals surface area (Å²) in [6.45, 7) is 1.22. The van der Waals surface area contributed by atoms with Crippen LogP contribution >= 0.6 is 0 Å². The number of fused-ring (bicyclic) bond motifs is 2. The van der Waals surface area contributed by atoms with Crippen LogP contribution in [0.15, 0.2) is 54.7 Å². The van der Waals surface area contributed by atoms with Gasteiger partial charge in [-0.3, -0.25) is 4.79 Å². The first-order valence-corrected chi connectivity index (χ1v) is 10.7. The van der Waals surface area contributed by atoms with Crippen LogP contribution in [-0.4, -0.2) is 41.6 Å². The van der Waals surface area contributed by atoms with Crippen LogP contribution < -0.4 is 5.73 Å². The largest absolute Gasteiger partial charge is 0.460 e. The van der Waals surface area contributed by atoms with Crippen LogP contribution in [0.25, 0.3) is 10.9 Å². The summed E-state index contributed by atoms with van der Waals surface area (Å²) in [5, 5.41) is 1.36. The molecule has 5 rings (SSSR count). The SMILES string of the molecule is CN1C[C@](CN)(C(=O)OCc2ccccc2)C[C@@H]2c3cccc4c3c(cn4C)C[C@H]21. The van der Waals surface area contributed by atoms with Crippen LogP contribution in [0.2, 0.25) is 0 Å². The Morgan fingerprint density at radius 2 is 1.97 bits per heavy atom. The molecule has 2 heterocycles. The molecule has 1 aliphatic carbocycles. The fourth-order valence-corrected chi connectivity index (χ4v) is 5.65. The van der Waals surface area contributed by atoms with Crippen LogP contribution in [0.3, 0.4) is 0 Å². The number of ether oxygens (including phenoxy) is 1. The van der Waals surface area contributed by atoms with E-state index in [1.807, 2.05) is 30.3 Å². The summed E-state index contributed by atoms with van der Waals surface area (Å²) in [5.74, 6) is 0.0976. The number of benzene rings is 2. The second-order valence-electron chi connectivity index (χ2n) is 9.05. The smallest absolute Gasteiger partial charge is 0.315 e. The molecule has 0 spiro atoms. The number of nitrogens with zero attached hydrogens (tertiary/aromatic N) is 2. The molecule has 1 saturated heterocycles. The van der Waals surface area contributed by atoms with Gasteiger partial charge < -0.3 is 19.9 Å². The predicted molar refractivity (Wildman–Crippen MR) is 118 cm³/mol. The fraction of sp³-hybridized carbons (Fsp3) is 0.400. The van der Waals surface area contributed by atoms with Gasteiger partial charge in [-0.15, -0.1) is 0 Å². The minimum Gasteiger partial charge on any atom is -0.460 e. The molecule has 0 radical (unpaired) electrons. The summed E-state index contributed by atoms with van der Waals surface area (Å²) in [6.07, 6.45) is 4.01. The Morgan fingerprint density at radius 1 is 1.17 bits per heavy atom. The summed E-state index contributed by atoms with van der Waals surface area (Å²) in [6, 6.07) is 16.8. The average molecular weight is 404 g/mol. The maximum absolute atomic E-state index is 13.3. The lowest BCUT2D eigenvalue weighted by atomic mass is 9.66. The predicted octanol–water partition coefficient (Wildman–Crippen LogP) is 3.21. The summed E-state index contributed by atoms with van der Waals surface area (Å²) >= 11 is 0. The number of carbonyl (C=O) groups is 1. The molecule has 0 saturated carbocycles. The molecule has 0 bridgehead atoms. The Hall–Kier alpha value is -2.63. The summed E-state index contributed by atoms with van der Waals surface area (Å²) < 4.78 is 8.00. The second-order valence-corrected chi connectivity index (χ2v) is 9.05. The van der Waals surface area contributed by atoms with Gasteiger partial charge in [0.2, 0.25) is 0 Å². The molecule has 5 nitrogen and oxygen atoms in total. The molecular weight excluding hydrogens is 374 g/mol. The van der Waals surface area contributed by atoms with Gasteiger partial charge in [0.15, 0.2) is 0 Å². The third-order valence-electron chi connectivity index (χ3n) is 7.18. The Morgan fingerprint density at radius 3 is 2.73 bits per heavy atom. The summed E-state index contributed by atoms with van der Waals surface area (Å²) in [4.78, 5) is 15.6. The molecule has 2 N–H and O–H groups in total.